The molecule has 2 bridgehead atoms. The van der Waals surface area contributed by atoms with Crippen molar-refractivity contribution in [1.29, 1.82) is 0 Å². The Kier molecular flexibility index (Phi) is 3.72. The summed E-state index contributed by atoms with van der Waals surface area (Å²) in [6, 6.07) is 13.8. The molecule has 1 saturated heterocycles. The van der Waals surface area contributed by atoms with Crippen LogP contribution in [0.5, 0.6) is 5.75 Å². The highest BCUT2D eigenvalue weighted by molar-refractivity contribution is 6.23. The van der Waals surface area contributed by atoms with E-state index in [1.165, 1.54) is 4.90 Å². The molecular weight excluding hydrogens is 354 g/mol. The van der Waals surface area contributed by atoms with Crippen LogP contribution >= 0.6 is 0 Å². The molecule has 0 unspecified atom stereocenters. The number of imide groups is 1. The molecule has 1 aliphatic heterocycles. The van der Waals surface area contributed by atoms with Gasteiger partial charge in [0.1, 0.15) is 5.75 Å². The van der Waals surface area contributed by atoms with Crippen LogP contribution in [-0.4, -0.2) is 17.8 Å². The second kappa shape index (κ2) is 6.16. The van der Waals surface area contributed by atoms with Gasteiger partial charge < -0.3 is 4.74 Å². The smallest absolute Gasteiger partial charge is 0.343 e. The van der Waals surface area contributed by atoms with Crippen LogP contribution < -0.4 is 9.64 Å². The van der Waals surface area contributed by atoms with Crippen molar-refractivity contribution in [2.24, 2.45) is 23.7 Å². The quantitative estimate of drug-likeness (QED) is 0.357. The van der Waals surface area contributed by atoms with Crippen molar-refractivity contribution >= 4 is 23.5 Å². The number of anilines is 1. The SMILES string of the molecule is Cc1cccc(OC(=O)c2cccc(N3C(=O)[C@@H]4[C@@H](C3=O)[C@@H]3C=C[C@@H]4C3)c2)c1. The Morgan fingerprint density at radius 1 is 0.964 bits per heavy atom. The van der Waals surface area contributed by atoms with Gasteiger partial charge in [0.15, 0.2) is 0 Å². The van der Waals surface area contributed by atoms with E-state index in [4.69, 9.17) is 4.74 Å². The molecule has 3 aliphatic rings. The van der Waals surface area contributed by atoms with Crippen LogP contribution in [0.2, 0.25) is 0 Å². The minimum Gasteiger partial charge on any atom is -0.423 e. The monoisotopic (exact) mass is 373 g/mol. The summed E-state index contributed by atoms with van der Waals surface area (Å²) in [7, 11) is 0. The zero-order valence-electron chi connectivity index (χ0n) is 15.4. The Hall–Kier alpha value is -3.21. The minimum atomic E-state index is -0.520. The fourth-order valence-corrected chi connectivity index (χ4v) is 4.77. The van der Waals surface area contributed by atoms with Crippen molar-refractivity contribution in [1.82, 2.24) is 0 Å². The van der Waals surface area contributed by atoms with Crippen molar-refractivity contribution in [3.05, 3.63) is 71.8 Å². The maximum atomic E-state index is 13.0. The number of ether oxygens (including phenoxy) is 1. The van der Waals surface area contributed by atoms with Gasteiger partial charge in [0.05, 0.1) is 23.1 Å². The van der Waals surface area contributed by atoms with Crippen LogP contribution in [0.4, 0.5) is 5.69 Å². The van der Waals surface area contributed by atoms with Gasteiger partial charge in [-0.05, 0) is 61.1 Å². The van der Waals surface area contributed by atoms with Crippen LogP contribution in [0, 0.1) is 30.6 Å². The van der Waals surface area contributed by atoms with Crippen LogP contribution in [0.25, 0.3) is 0 Å². The topological polar surface area (TPSA) is 63.7 Å². The van der Waals surface area contributed by atoms with Gasteiger partial charge in [0.2, 0.25) is 11.8 Å². The lowest BCUT2D eigenvalue weighted by Crippen LogP contribution is -2.33. The molecule has 2 aromatic rings. The largest absolute Gasteiger partial charge is 0.423 e. The van der Waals surface area contributed by atoms with Gasteiger partial charge in [0.25, 0.3) is 0 Å². The molecule has 1 saturated carbocycles. The van der Waals surface area contributed by atoms with E-state index in [-0.39, 0.29) is 35.5 Å². The summed E-state index contributed by atoms with van der Waals surface area (Å²) in [5.41, 5.74) is 1.72. The molecule has 28 heavy (non-hydrogen) atoms. The molecule has 0 spiro atoms. The van der Waals surface area contributed by atoms with E-state index in [1.54, 1.807) is 36.4 Å². The highest BCUT2D eigenvalue weighted by atomic mass is 16.5. The third kappa shape index (κ3) is 2.50. The molecule has 0 N–H and O–H groups in total. The first kappa shape index (κ1) is 16.9. The number of fused-ring (bicyclic) bond motifs is 5. The number of esters is 1. The number of nitrogens with zero attached hydrogens (tertiary/aromatic N) is 1. The number of allylic oxidation sites excluding steroid dienone is 2. The lowest BCUT2D eigenvalue weighted by Gasteiger charge is -2.18. The fourth-order valence-electron chi connectivity index (χ4n) is 4.77. The van der Waals surface area contributed by atoms with E-state index in [0.717, 1.165) is 12.0 Å². The second-order valence-corrected chi connectivity index (χ2v) is 7.77. The molecule has 5 nitrogen and oxygen atoms in total. The Morgan fingerprint density at radius 2 is 1.64 bits per heavy atom. The minimum absolute atomic E-state index is 0.156. The highest BCUT2D eigenvalue weighted by Gasteiger charge is 2.59. The van der Waals surface area contributed by atoms with Gasteiger partial charge in [-0.1, -0.05) is 30.4 Å². The molecule has 1 heterocycles. The normalized spacial score (nSPS) is 27.4. The number of amides is 2. The van der Waals surface area contributed by atoms with Crippen LogP contribution in [0.1, 0.15) is 22.3 Å². The third-order valence-corrected chi connectivity index (χ3v) is 6.01. The van der Waals surface area contributed by atoms with Gasteiger partial charge in [-0.3, -0.25) is 9.59 Å². The molecule has 5 heteroatoms. The predicted octanol–water partition coefficient (Wildman–Crippen LogP) is 3.53. The van der Waals surface area contributed by atoms with Crippen molar-refractivity contribution < 1.29 is 19.1 Å². The fraction of sp³-hybridized carbons (Fsp3) is 0.261. The lowest BCUT2D eigenvalue weighted by molar-refractivity contribution is -0.123. The van der Waals surface area contributed by atoms with E-state index in [0.29, 0.717) is 17.0 Å². The highest BCUT2D eigenvalue weighted by Crippen LogP contribution is 2.53. The molecule has 4 atom stereocenters. The summed E-state index contributed by atoms with van der Waals surface area (Å²) < 4.78 is 5.43. The van der Waals surface area contributed by atoms with Gasteiger partial charge in [0, 0.05) is 0 Å². The Labute approximate surface area is 162 Å². The summed E-state index contributed by atoms with van der Waals surface area (Å²) in [4.78, 5) is 39.7. The van der Waals surface area contributed by atoms with E-state index < -0.39 is 5.97 Å². The number of hydrogen-bond donors (Lipinski definition) is 0. The number of carbonyl (C=O) groups excluding carboxylic acids is 3. The van der Waals surface area contributed by atoms with E-state index in [2.05, 4.69) is 12.2 Å². The van der Waals surface area contributed by atoms with Crippen molar-refractivity contribution in [2.45, 2.75) is 13.3 Å². The number of benzene rings is 2. The Bertz CT molecular complexity index is 1010. The van der Waals surface area contributed by atoms with Crippen LogP contribution in [0.3, 0.4) is 0 Å². The molecule has 0 radical (unpaired) electrons. The Morgan fingerprint density at radius 3 is 2.32 bits per heavy atom. The third-order valence-electron chi connectivity index (χ3n) is 6.01. The van der Waals surface area contributed by atoms with Crippen molar-refractivity contribution in [3.63, 3.8) is 0 Å². The average molecular weight is 373 g/mol. The summed E-state index contributed by atoms with van der Waals surface area (Å²) in [6.07, 6.45) is 5.02. The zero-order chi connectivity index (χ0) is 19.4. The summed E-state index contributed by atoms with van der Waals surface area (Å²) in [5, 5.41) is 0. The first-order chi connectivity index (χ1) is 13.5. The number of carbonyl (C=O) groups is 3. The average Bonchev–Trinajstić information content (AvgIpc) is 3.36. The molecule has 2 aliphatic carbocycles. The van der Waals surface area contributed by atoms with Gasteiger partial charge in [-0.15, -0.1) is 0 Å². The number of rotatable bonds is 3. The zero-order valence-corrected chi connectivity index (χ0v) is 15.4. The van der Waals surface area contributed by atoms with Crippen molar-refractivity contribution in [3.8, 4) is 5.75 Å². The summed E-state index contributed by atoms with van der Waals surface area (Å²) in [5.74, 6) is -0.575. The predicted molar refractivity (Wildman–Crippen MR) is 103 cm³/mol. The molecule has 5 rings (SSSR count). The van der Waals surface area contributed by atoms with E-state index in [9.17, 15) is 14.4 Å². The van der Waals surface area contributed by atoms with Crippen LogP contribution in [-0.2, 0) is 9.59 Å². The molecule has 2 aromatic carbocycles. The van der Waals surface area contributed by atoms with E-state index >= 15 is 0 Å². The van der Waals surface area contributed by atoms with Gasteiger partial charge >= 0.3 is 5.97 Å². The molecule has 2 fully saturated rings. The molecule has 2 amide bonds. The first-order valence-electron chi connectivity index (χ1n) is 9.48. The lowest BCUT2D eigenvalue weighted by atomic mass is 9.85. The van der Waals surface area contributed by atoms with Gasteiger partial charge in [-0.25, -0.2) is 9.69 Å². The van der Waals surface area contributed by atoms with Gasteiger partial charge in [-0.2, -0.15) is 0 Å². The standard InChI is InChI=1S/C23H19NO4/c1-13-4-2-7-18(10-13)28-23(27)16-5-3-6-17(12-16)24-21(25)19-14-8-9-15(11-14)20(19)22(24)26/h2-10,12,14-15,19-20H,11H2,1H3/t14-,15-,19+,20+/m1/s1. The number of hydrogen-bond acceptors (Lipinski definition) is 4. The van der Waals surface area contributed by atoms with E-state index in [1.807, 2.05) is 19.1 Å². The molecule has 0 aromatic heterocycles. The second-order valence-electron chi connectivity index (χ2n) is 7.77. The number of aryl methyl sites for hydroxylation is 1. The molecule has 140 valence electrons. The summed E-state index contributed by atoms with van der Waals surface area (Å²) >= 11 is 0. The maximum Gasteiger partial charge on any atom is 0.343 e. The van der Waals surface area contributed by atoms with Crippen molar-refractivity contribution in [2.75, 3.05) is 4.90 Å². The molecular formula is C23H19NO4. The summed E-state index contributed by atoms with van der Waals surface area (Å²) in [6.45, 7) is 1.92. The first-order valence-corrected chi connectivity index (χ1v) is 9.48. The Balaban J connectivity index is 1.41. The van der Waals surface area contributed by atoms with Crippen LogP contribution in [0.15, 0.2) is 60.7 Å². The maximum absolute atomic E-state index is 13.0.